The summed E-state index contributed by atoms with van der Waals surface area (Å²) < 4.78 is 144. The van der Waals surface area contributed by atoms with Crippen LogP contribution in [0.1, 0.15) is 20.8 Å². The van der Waals surface area contributed by atoms with Gasteiger partial charge in [-0.2, -0.15) is 43.2 Å². The quantitative estimate of drug-likeness (QED) is 0.335. The van der Waals surface area contributed by atoms with Gasteiger partial charge in [-0.15, -0.1) is 0 Å². The van der Waals surface area contributed by atoms with Crippen LogP contribution in [0.5, 0.6) is 0 Å². The molecule has 2 heterocycles. The van der Waals surface area contributed by atoms with Crippen molar-refractivity contribution in [3.05, 3.63) is 0 Å². The highest BCUT2D eigenvalue weighted by Gasteiger charge is 2.62. The molecule has 0 bridgehead atoms. The lowest BCUT2D eigenvalue weighted by Gasteiger charge is -2.28. The molecule has 0 radical (unpaired) electrons. The zero-order chi connectivity index (χ0) is 21.9. The fraction of sp³-hybridized carbons (Fsp3) is 1.00. The largest absolute Gasteiger partial charge is 0.523 e. The monoisotopic (exact) mass is 468 g/mol. The molecule has 2 saturated heterocycles. The maximum absolute atomic E-state index is 12.6. The molecular weight excluding hydrogens is 454 g/mol. The second kappa shape index (κ2) is 6.92. The molecule has 166 valence electrons. The highest BCUT2D eigenvalue weighted by Crippen LogP contribution is 2.42. The SMILES string of the molecule is C[C@H](OS(=O)(=O)C(F)(F)F)[C@H]1O[C@@H]2OC(C)(C)O[C@@H]2[C@@H]1OS(=O)(=O)C(F)(F)F. The van der Waals surface area contributed by atoms with Crippen molar-refractivity contribution in [2.45, 2.75) is 68.3 Å². The van der Waals surface area contributed by atoms with Crippen molar-refractivity contribution in [2.24, 2.45) is 0 Å². The van der Waals surface area contributed by atoms with E-state index in [0.717, 1.165) is 0 Å². The van der Waals surface area contributed by atoms with Crippen molar-refractivity contribution in [3.8, 4) is 0 Å². The van der Waals surface area contributed by atoms with Gasteiger partial charge in [-0.05, 0) is 20.8 Å². The minimum atomic E-state index is -6.24. The Hall–Kier alpha value is -0.720. The number of halogens is 6. The number of hydrogen-bond donors (Lipinski definition) is 0. The lowest BCUT2D eigenvalue weighted by molar-refractivity contribution is -0.221. The zero-order valence-corrected chi connectivity index (χ0v) is 15.8. The van der Waals surface area contributed by atoms with E-state index >= 15 is 0 Å². The van der Waals surface area contributed by atoms with Gasteiger partial charge in [0.05, 0.1) is 0 Å². The van der Waals surface area contributed by atoms with E-state index in [-0.39, 0.29) is 0 Å². The second-order valence-corrected chi connectivity index (χ2v) is 9.36. The van der Waals surface area contributed by atoms with E-state index < -0.39 is 67.7 Å². The molecule has 0 aromatic rings. The topological polar surface area (TPSA) is 114 Å². The minimum absolute atomic E-state index is 0.705. The summed E-state index contributed by atoms with van der Waals surface area (Å²) in [6.45, 7) is 3.30. The van der Waals surface area contributed by atoms with Crippen molar-refractivity contribution in [1.29, 1.82) is 0 Å². The highest BCUT2D eigenvalue weighted by molar-refractivity contribution is 7.87. The van der Waals surface area contributed by atoms with Gasteiger partial charge in [0.15, 0.2) is 12.1 Å². The Morgan fingerprint density at radius 3 is 1.89 bits per heavy atom. The summed E-state index contributed by atoms with van der Waals surface area (Å²) in [6.07, 6.45) is -9.53. The van der Waals surface area contributed by atoms with Crippen LogP contribution in [-0.4, -0.2) is 64.3 Å². The van der Waals surface area contributed by atoms with Gasteiger partial charge in [-0.3, -0.25) is 8.37 Å². The maximum Gasteiger partial charge on any atom is 0.523 e. The first kappa shape index (κ1) is 23.6. The number of fused-ring (bicyclic) bond motifs is 1. The van der Waals surface area contributed by atoms with Gasteiger partial charge >= 0.3 is 31.3 Å². The van der Waals surface area contributed by atoms with Crippen LogP contribution in [0.4, 0.5) is 26.3 Å². The molecule has 28 heavy (non-hydrogen) atoms. The molecule has 2 fully saturated rings. The van der Waals surface area contributed by atoms with Gasteiger partial charge in [0.2, 0.25) is 0 Å². The molecule has 0 aliphatic carbocycles. The van der Waals surface area contributed by atoms with Crippen LogP contribution in [0.2, 0.25) is 0 Å². The second-order valence-electron chi connectivity index (χ2n) is 6.23. The normalized spacial score (nSPS) is 32.3. The standard InChI is InChI=1S/C11H14F6O9S2/c1-4(25-27(18,19)10(12,13)14)5-6(26-28(20,21)11(15,16)17)7-8(22-5)24-9(2,3)23-7/h4-8H,1-3H3/t4-,5+,6+,7+,8+/m0/s1. The Morgan fingerprint density at radius 1 is 0.929 bits per heavy atom. The van der Waals surface area contributed by atoms with E-state index in [1.165, 1.54) is 13.8 Å². The highest BCUT2D eigenvalue weighted by atomic mass is 32.2. The molecule has 9 nitrogen and oxygen atoms in total. The van der Waals surface area contributed by atoms with Crippen LogP contribution in [-0.2, 0) is 42.8 Å². The third kappa shape index (κ3) is 4.54. The predicted molar refractivity (Wildman–Crippen MR) is 74.1 cm³/mol. The maximum atomic E-state index is 12.6. The van der Waals surface area contributed by atoms with E-state index in [1.54, 1.807) is 0 Å². The van der Waals surface area contributed by atoms with E-state index in [1.807, 2.05) is 0 Å². The fourth-order valence-corrected chi connectivity index (χ4v) is 3.74. The summed E-state index contributed by atoms with van der Waals surface area (Å²) in [7, 11) is -12.4. The van der Waals surface area contributed by atoms with Crippen LogP contribution >= 0.6 is 0 Å². The molecule has 0 aromatic heterocycles. The molecule has 0 aromatic carbocycles. The minimum Gasteiger partial charge on any atom is -0.341 e. The van der Waals surface area contributed by atoms with Crippen LogP contribution in [0, 0.1) is 0 Å². The summed E-state index contributed by atoms with van der Waals surface area (Å²) in [4.78, 5) is 0. The fourth-order valence-electron chi connectivity index (χ4n) is 2.50. The summed E-state index contributed by atoms with van der Waals surface area (Å²) in [5.74, 6) is -1.45. The van der Waals surface area contributed by atoms with Crippen LogP contribution in [0.15, 0.2) is 0 Å². The molecule has 17 heteroatoms. The smallest absolute Gasteiger partial charge is 0.341 e. The van der Waals surface area contributed by atoms with Crippen molar-refractivity contribution in [1.82, 2.24) is 0 Å². The first-order valence-electron chi connectivity index (χ1n) is 7.28. The molecule has 0 unspecified atom stereocenters. The van der Waals surface area contributed by atoms with Crippen molar-refractivity contribution in [2.75, 3.05) is 0 Å². The van der Waals surface area contributed by atoms with Gasteiger partial charge in [0.25, 0.3) is 0 Å². The Morgan fingerprint density at radius 2 is 1.43 bits per heavy atom. The molecule has 2 rings (SSSR count). The Kier molecular flexibility index (Phi) is 5.82. The molecular formula is C11H14F6O9S2. The lowest BCUT2D eigenvalue weighted by Crippen LogP contribution is -2.46. The Balaban J connectivity index is 2.32. The molecule has 0 spiro atoms. The van der Waals surface area contributed by atoms with E-state index in [4.69, 9.17) is 14.2 Å². The summed E-state index contributed by atoms with van der Waals surface area (Å²) in [5.41, 5.74) is -11.7. The van der Waals surface area contributed by atoms with Gasteiger partial charge in [-0.25, -0.2) is 0 Å². The van der Waals surface area contributed by atoms with E-state index in [2.05, 4.69) is 8.37 Å². The van der Waals surface area contributed by atoms with Crippen molar-refractivity contribution in [3.63, 3.8) is 0 Å². The number of ether oxygens (including phenoxy) is 3. The first-order valence-corrected chi connectivity index (χ1v) is 10.1. The average molecular weight is 468 g/mol. The van der Waals surface area contributed by atoms with Crippen molar-refractivity contribution < 1.29 is 65.8 Å². The Labute approximate surface area is 155 Å². The molecule has 5 atom stereocenters. The number of alkyl halides is 6. The molecule has 0 saturated carbocycles. The average Bonchev–Trinajstić information content (AvgIpc) is 2.89. The van der Waals surface area contributed by atoms with Crippen LogP contribution < -0.4 is 0 Å². The third-order valence-corrected chi connectivity index (χ3v) is 5.74. The molecule has 0 amide bonds. The molecule has 0 N–H and O–H groups in total. The first-order chi connectivity index (χ1) is 12.3. The molecule has 2 aliphatic rings. The zero-order valence-electron chi connectivity index (χ0n) is 14.1. The summed E-state index contributed by atoms with van der Waals surface area (Å²) in [6, 6.07) is 0. The van der Waals surface area contributed by atoms with Gasteiger partial charge in [0, 0.05) is 0 Å². The number of hydrogen-bond acceptors (Lipinski definition) is 9. The summed E-state index contributed by atoms with van der Waals surface area (Å²) >= 11 is 0. The number of rotatable bonds is 5. The van der Waals surface area contributed by atoms with E-state index in [9.17, 15) is 43.2 Å². The lowest BCUT2D eigenvalue weighted by atomic mass is 10.1. The van der Waals surface area contributed by atoms with Crippen LogP contribution in [0.25, 0.3) is 0 Å². The Bertz CT molecular complexity index is 803. The van der Waals surface area contributed by atoms with Crippen LogP contribution in [0.3, 0.4) is 0 Å². The molecule has 2 aliphatic heterocycles. The van der Waals surface area contributed by atoms with Gasteiger partial charge in [0.1, 0.15) is 24.4 Å². The predicted octanol–water partition coefficient (Wildman–Crippen LogP) is 1.35. The van der Waals surface area contributed by atoms with Crippen molar-refractivity contribution >= 4 is 20.2 Å². The van der Waals surface area contributed by atoms with Gasteiger partial charge in [-0.1, -0.05) is 0 Å². The summed E-state index contributed by atoms with van der Waals surface area (Å²) in [5, 5.41) is 0. The van der Waals surface area contributed by atoms with Gasteiger partial charge < -0.3 is 14.2 Å². The van der Waals surface area contributed by atoms with E-state index in [0.29, 0.717) is 6.92 Å². The third-order valence-electron chi connectivity index (χ3n) is 3.57.